The van der Waals surface area contributed by atoms with Crippen LogP contribution in [-0.2, 0) is 11.3 Å². The number of carbonyl (C=O) groups excluding carboxylic acids is 1. The Kier molecular flexibility index (Phi) is 5.39. The van der Waals surface area contributed by atoms with Crippen molar-refractivity contribution in [2.24, 2.45) is 0 Å². The Balaban J connectivity index is 1.96. The van der Waals surface area contributed by atoms with Crippen LogP contribution in [-0.4, -0.2) is 30.8 Å². The van der Waals surface area contributed by atoms with Crippen LogP contribution in [0.2, 0.25) is 5.02 Å². The fourth-order valence-corrected chi connectivity index (χ4v) is 4.26. The van der Waals surface area contributed by atoms with Crippen molar-refractivity contribution in [3.05, 3.63) is 58.4 Å². The molecule has 1 aliphatic rings. The molecule has 0 aromatic heterocycles. The molecule has 0 radical (unpaired) electrons. The quantitative estimate of drug-likeness (QED) is 0.775. The van der Waals surface area contributed by atoms with Gasteiger partial charge in [0, 0.05) is 6.54 Å². The summed E-state index contributed by atoms with van der Waals surface area (Å²) < 4.78 is 24.3. The van der Waals surface area contributed by atoms with Crippen molar-refractivity contribution in [1.82, 2.24) is 4.90 Å². The van der Waals surface area contributed by atoms with E-state index in [0.29, 0.717) is 23.8 Å². The molecule has 7 heteroatoms. The van der Waals surface area contributed by atoms with Crippen LogP contribution < -0.4 is 9.47 Å². The third-order valence-corrected chi connectivity index (χ3v) is 5.53. The van der Waals surface area contributed by atoms with Crippen molar-refractivity contribution in [3.8, 4) is 11.5 Å². The van der Waals surface area contributed by atoms with Gasteiger partial charge in [0.05, 0.1) is 30.6 Å². The average Bonchev–Trinajstić information content (AvgIpc) is 2.97. The Morgan fingerprint density at radius 1 is 1.24 bits per heavy atom. The van der Waals surface area contributed by atoms with Crippen molar-refractivity contribution < 1.29 is 18.7 Å². The normalized spacial score (nSPS) is 17.0. The maximum Gasteiger partial charge on any atom is 0.234 e. The molecule has 132 valence electrons. The van der Waals surface area contributed by atoms with Crippen LogP contribution in [0.25, 0.3) is 0 Å². The summed E-state index contributed by atoms with van der Waals surface area (Å²) in [6.45, 7) is 0.331. The van der Waals surface area contributed by atoms with Crippen LogP contribution in [0, 0.1) is 5.82 Å². The van der Waals surface area contributed by atoms with Crippen molar-refractivity contribution in [3.63, 3.8) is 0 Å². The van der Waals surface area contributed by atoms with Gasteiger partial charge in [-0.15, -0.1) is 11.8 Å². The molecule has 0 N–H and O–H groups in total. The van der Waals surface area contributed by atoms with E-state index in [0.717, 1.165) is 11.1 Å². The maximum absolute atomic E-state index is 13.4. The number of benzene rings is 2. The van der Waals surface area contributed by atoms with Crippen LogP contribution in [0.3, 0.4) is 0 Å². The van der Waals surface area contributed by atoms with Crippen molar-refractivity contribution >= 4 is 29.3 Å². The minimum absolute atomic E-state index is 0.00315. The lowest BCUT2D eigenvalue weighted by Crippen LogP contribution is -2.28. The molecule has 1 heterocycles. The number of amides is 1. The van der Waals surface area contributed by atoms with E-state index in [4.69, 9.17) is 21.1 Å². The Morgan fingerprint density at radius 3 is 2.52 bits per heavy atom. The molecule has 2 aromatic carbocycles. The van der Waals surface area contributed by atoms with Crippen molar-refractivity contribution in [2.75, 3.05) is 20.0 Å². The molecule has 1 saturated heterocycles. The summed E-state index contributed by atoms with van der Waals surface area (Å²) in [5, 5.41) is -0.203. The van der Waals surface area contributed by atoms with E-state index in [1.54, 1.807) is 31.3 Å². The number of carbonyl (C=O) groups is 1. The van der Waals surface area contributed by atoms with Crippen LogP contribution in [0.1, 0.15) is 16.5 Å². The van der Waals surface area contributed by atoms with Gasteiger partial charge in [-0.1, -0.05) is 23.7 Å². The number of rotatable bonds is 5. The second-order valence-corrected chi connectivity index (χ2v) is 6.99. The smallest absolute Gasteiger partial charge is 0.234 e. The SMILES string of the molecule is COc1cccc(OC)c1C1SCC(=O)N1Cc1ccc(F)c(Cl)c1. The molecule has 0 aliphatic carbocycles. The van der Waals surface area contributed by atoms with Gasteiger partial charge < -0.3 is 14.4 Å². The zero-order valence-corrected chi connectivity index (χ0v) is 15.4. The van der Waals surface area contributed by atoms with Gasteiger partial charge in [0.2, 0.25) is 5.91 Å². The number of nitrogens with zero attached hydrogens (tertiary/aromatic N) is 1. The molecule has 1 aliphatic heterocycles. The zero-order chi connectivity index (χ0) is 18.0. The number of thioether (sulfide) groups is 1. The molecule has 1 unspecified atom stereocenters. The second-order valence-electron chi connectivity index (χ2n) is 5.51. The number of halogens is 2. The highest BCUT2D eigenvalue weighted by atomic mass is 35.5. The van der Waals surface area contributed by atoms with E-state index in [-0.39, 0.29) is 16.3 Å². The number of ether oxygens (including phenoxy) is 2. The number of hydrogen-bond donors (Lipinski definition) is 0. The van der Waals surface area contributed by atoms with Gasteiger partial charge >= 0.3 is 0 Å². The standard InChI is InChI=1S/C18H17ClFNO3S/c1-23-14-4-3-5-15(24-2)17(14)18-21(16(22)10-25-18)9-11-6-7-13(20)12(19)8-11/h3-8,18H,9-10H2,1-2H3. The van der Waals surface area contributed by atoms with Gasteiger partial charge in [-0.25, -0.2) is 4.39 Å². The van der Waals surface area contributed by atoms with Gasteiger partial charge in [-0.05, 0) is 29.8 Å². The lowest BCUT2D eigenvalue weighted by atomic mass is 10.1. The molecular weight excluding hydrogens is 365 g/mol. The van der Waals surface area contributed by atoms with Crippen molar-refractivity contribution in [1.29, 1.82) is 0 Å². The molecule has 1 amide bonds. The first kappa shape index (κ1) is 17.9. The van der Waals surface area contributed by atoms with Crippen LogP contribution in [0.15, 0.2) is 36.4 Å². The molecule has 1 fully saturated rings. The average molecular weight is 382 g/mol. The first-order valence-corrected chi connectivity index (χ1v) is 9.03. The fraction of sp³-hybridized carbons (Fsp3) is 0.278. The summed E-state index contributed by atoms with van der Waals surface area (Å²) in [5.74, 6) is 1.21. The monoisotopic (exact) mass is 381 g/mol. The molecule has 25 heavy (non-hydrogen) atoms. The minimum Gasteiger partial charge on any atom is -0.496 e. The molecule has 0 spiro atoms. The fourth-order valence-electron chi connectivity index (χ4n) is 2.82. The van der Waals surface area contributed by atoms with E-state index >= 15 is 0 Å². The summed E-state index contributed by atoms with van der Waals surface area (Å²) in [5.41, 5.74) is 1.58. The van der Waals surface area contributed by atoms with Crippen LogP contribution in [0.4, 0.5) is 4.39 Å². The summed E-state index contributed by atoms with van der Waals surface area (Å²) in [4.78, 5) is 14.2. The predicted octanol–water partition coefficient (Wildman–Crippen LogP) is 4.27. The summed E-state index contributed by atoms with van der Waals surface area (Å²) in [7, 11) is 3.17. The van der Waals surface area contributed by atoms with Crippen LogP contribution >= 0.6 is 23.4 Å². The molecule has 0 bridgehead atoms. The van der Waals surface area contributed by atoms with Gasteiger partial charge in [-0.3, -0.25) is 4.79 Å². The van der Waals surface area contributed by atoms with Crippen molar-refractivity contribution in [2.45, 2.75) is 11.9 Å². The summed E-state index contributed by atoms with van der Waals surface area (Å²) >= 11 is 7.37. The zero-order valence-electron chi connectivity index (χ0n) is 13.8. The highest BCUT2D eigenvalue weighted by molar-refractivity contribution is 8.00. The molecule has 3 rings (SSSR count). The molecule has 1 atom stereocenters. The second kappa shape index (κ2) is 7.54. The van der Waals surface area contributed by atoms with Gasteiger partial charge in [0.25, 0.3) is 0 Å². The van der Waals surface area contributed by atoms with E-state index < -0.39 is 5.82 Å². The molecule has 4 nitrogen and oxygen atoms in total. The van der Waals surface area contributed by atoms with Gasteiger partial charge in [0.15, 0.2) is 0 Å². The largest absolute Gasteiger partial charge is 0.496 e. The Morgan fingerprint density at radius 2 is 1.92 bits per heavy atom. The summed E-state index contributed by atoms with van der Waals surface area (Å²) in [6.07, 6.45) is 0. The van der Waals surface area contributed by atoms with E-state index in [9.17, 15) is 9.18 Å². The van der Waals surface area contributed by atoms with E-state index in [1.165, 1.54) is 17.8 Å². The van der Waals surface area contributed by atoms with E-state index in [2.05, 4.69) is 0 Å². The lowest BCUT2D eigenvalue weighted by molar-refractivity contribution is -0.128. The maximum atomic E-state index is 13.4. The Labute approximate surface area is 154 Å². The van der Waals surface area contributed by atoms with Crippen LogP contribution in [0.5, 0.6) is 11.5 Å². The predicted molar refractivity (Wildman–Crippen MR) is 96.7 cm³/mol. The minimum atomic E-state index is -0.476. The first-order chi connectivity index (χ1) is 12.0. The molecular formula is C18H17ClFNO3S. The third-order valence-electron chi connectivity index (χ3n) is 4.02. The topological polar surface area (TPSA) is 38.8 Å². The Hall–Kier alpha value is -1.92. The third kappa shape index (κ3) is 3.55. The first-order valence-electron chi connectivity index (χ1n) is 7.61. The molecule has 2 aromatic rings. The van der Waals surface area contributed by atoms with Gasteiger partial charge in [-0.2, -0.15) is 0 Å². The number of hydrogen-bond acceptors (Lipinski definition) is 4. The number of methoxy groups -OCH3 is 2. The van der Waals surface area contributed by atoms with Gasteiger partial charge in [0.1, 0.15) is 22.7 Å². The summed E-state index contributed by atoms with van der Waals surface area (Å²) in [6, 6.07) is 10.0. The highest BCUT2D eigenvalue weighted by Gasteiger charge is 2.36. The highest BCUT2D eigenvalue weighted by Crippen LogP contribution is 2.47. The van der Waals surface area contributed by atoms with E-state index in [1.807, 2.05) is 18.2 Å². The molecule has 0 saturated carbocycles. The lowest BCUT2D eigenvalue weighted by Gasteiger charge is -2.27. The Bertz CT molecular complexity index is 780.